The molecule has 13 heteroatoms. The molecular formula is C27H29NaO10S2. The molecule has 0 unspecified atom stereocenters. The molecule has 0 atom stereocenters. The molecule has 2 aromatic carbocycles. The molecule has 0 saturated carbocycles. The monoisotopic (exact) mass is 600 g/mol. The number of esters is 3. The largest absolute Gasteiger partial charge is 1.00 e. The zero-order valence-corrected chi connectivity index (χ0v) is 26.3. The number of methoxy groups -OCH3 is 3. The molecule has 0 radical (unpaired) electrons. The Morgan fingerprint density at radius 3 is 1.65 bits per heavy atom. The Morgan fingerprint density at radius 2 is 1.23 bits per heavy atom. The fraction of sp³-hybridized carbons (Fsp3) is 0.259. The zero-order chi connectivity index (χ0) is 29.3. The minimum absolute atomic E-state index is 0. The second kappa shape index (κ2) is 15.2. The molecule has 0 aliphatic carbocycles. The van der Waals surface area contributed by atoms with Crippen LogP contribution in [0.4, 0.5) is 0 Å². The minimum atomic E-state index is -4.63. The summed E-state index contributed by atoms with van der Waals surface area (Å²) in [5.41, 5.74) is -2.31. The third kappa shape index (κ3) is 7.85. The van der Waals surface area contributed by atoms with E-state index in [-0.39, 0.29) is 45.8 Å². The maximum atomic E-state index is 13.9. The predicted molar refractivity (Wildman–Crippen MR) is 141 cm³/mol. The van der Waals surface area contributed by atoms with Crippen molar-refractivity contribution in [3.8, 4) is 0 Å². The Bertz CT molecular complexity index is 1450. The maximum Gasteiger partial charge on any atom is 1.00 e. The number of benzene rings is 2. The molecule has 0 aromatic heterocycles. The van der Waals surface area contributed by atoms with E-state index in [0.717, 1.165) is 27.4 Å². The van der Waals surface area contributed by atoms with E-state index >= 15 is 0 Å². The second-order valence-corrected chi connectivity index (χ2v) is 12.1. The van der Waals surface area contributed by atoms with Gasteiger partial charge in [0, 0.05) is 6.08 Å². The van der Waals surface area contributed by atoms with Gasteiger partial charge in [0.25, 0.3) is 0 Å². The summed E-state index contributed by atoms with van der Waals surface area (Å²) in [6, 6.07) is 13.9. The summed E-state index contributed by atoms with van der Waals surface area (Å²) in [6.45, 7) is 3.60. The van der Waals surface area contributed by atoms with Gasteiger partial charge in [-0.3, -0.25) is 9.59 Å². The van der Waals surface area contributed by atoms with Crippen molar-refractivity contribution in [1.82, 2.24) is 0 Å². The Labute approximate surface area is 256 Å². The molecule has 2 rings (SSSR count). The molecule has 0 amide bonds. The standard InChI is InChI=1S/C27H29O10S2.Na/c1-20(38(31,32)21-13-7-5-8-14-21)23(39(33,34)22-15-9-6-10-16-22)19-27(25(29)36-3,26(30)37-4)18-12-11-17-24(28)35-2;/h5-11,13-17H,1,12,18-19H2,2-4H3;/q-1;+1/b17-11+,23-20-;. The summed E-state index contributed by atoms with van der Waals surface area (Å²) < 4.78 is 69.0. The van der Waals surface area contributed by atoms with Crippen molar-refractivity contribution >= 4 is 37.6 Å². The van der Waals surface area contributed by atoms with Crippen LogP contribution < -0.4 is 29.6 Å². The summed E-state index contributed by atoms with van der Waals surface area (Å²) in [6.07, 6.45) is 0.930. The van der Waals surface area contributed by atoms with Gasteiger partial charge in [-0.2, -0.15) is 0 Å². The predicted octanol–water partition coefficient (Wildman–Crippen LogP) is 0.216. The molecule has 40 heavy (non-hydrogen) atoms. The van der Waals surface area contributed by atoms with Gasteiger partial charge in [-0.1, -0.05) is 58.7 Å². The van der Waals surface area contributed by atoms with E-state index in [1.807, 2.05) is 0 Å². The van der Waals surface area contributed by atoms with Gasteiger partial charge in [0.2, 0.25) is 0 Å². The summed E-state index contributed by atoms with van der Waals surface area (Å²) in [7, 11) is -5.98. The van der Waals surface area contributed by atoms with Crippen molar-refractivity contribution in [2.45, 2.75) is 29.1 Å². The Kier molecular flexibility index (Phi) is 13.3. The molecule has 0 saturated heterocycles. The number of rotatable bonds is 12. The van der Waals surface area contributed by atoms with Gasteiger partial charge in [0.15, 0.2) is 15.3 Å². The Hall–Kier alpha value is -2.90. The molecule has 0 fully saturated rings. The van der Waals surface area contributed by atoms with Gasteiger partial charge >= 0.3 is 47.5 Å². The van der Waals surface area contributed by atoms with Crippen LogP contribution in [0.2, 0.25) is 0 Å². The van der Waals surface area contributed by atoms with Crippen molar-refractivity contribution in [3.05, 3.63) is 89.5 Å². The van der Waals surface area contributed by atoms with Crippen LogP contribution in [0.15, 0.2) is 92.4 Å². The fourth-order valence-corrected chi connectivity index (χ4v) is 7.11. The number of hydrogen-bond acceptors (Lipinski definition) is 10. The first-order valence-corrected chi connectivity index (χ1v) is 14.4. The van der Waals surface area contributed by atoms with E-state index in [1.54, 1.807) is 12.1 Å². The van der Waals surface area contributed by atoms with Gasteiger partial charge in [-0.15, -0.1) is 0 Å². The van der Waals surface area contributed by atoms with Crippen LogP contribution in [0.3, 0.4) is 0 Å². The van der Waals surface area contributed by atoms with Crippen LogP contribution in [0.1, 0.15) is 19.3 Å². The zero-order valence-electron chi connectivity index (χ0n) is 22.7. The number of carbonyl (C=O) groups excluding carboxylic acids is 3. The van der Waals surface area contributed by atoms with Crippen LogP contribution in [0.5, 0.6) is 0 Å². The van der Waals surface area contributed by atoms with Gasteiger partial charge < -0.3 is 14.2 Å². The van der Waals surface area contributed by atoms with Crippen LogP contribution >= 0.6 is 0 Å². The van der Waals surface area contributed by atoms with Crippen LogP contribution in [-0.4, -0.2) is 56.1 Å². The summed E-state index contributed by atoms with van der Waals surface area (Å²) >= 11 is 0. The quantitative estimate of drug-likeness (QED) is 0.0828. The minimum Gasteiger partial charge on any atom is -0.468 e. The van der Waals surface area contributed by atoms with Crippen molar-refractivity contribution in [2.75, 3.05) is 21.3 Å². The molecule has 10 nitrogen and oxygen atoms in total. The molecule has 210 valence electrons. The van der Waals surface area contributed by atoms with Gasteiger partial charge in [0.1, 0.15) is 9.84 Å². The second-order valence-electron chi connectivity index (χ2n) is 8.19. The van der Waals surface area contributed by atoms with Crippen molar-refractivity contribution in [3.63, 3.8) is 0 Å². The van der Waals surface area contributed by atoms with E-state index in [0.29, 0.717) is 0 Å². The molecule has 0 heterocycles. The average Bonchev–Trinajstić information content (AvgIpc) is 2.96. The van der Waals surface area contributed by atoms with Crippen molar-refractivity contribution in [2.24, 2.45) is 5.41 Å². The van der Waals surface area contributed by atoms with Crippen LogP contribution in [0, 0.1) is 12.3 Å². The van der Waals surface area contributed by atoms with E-state index in [4.69, 9.17) is 9.47 Å². The van der Waals surface area contributed by atoms with Crippen LogP contribution in [0.25, 0.3) is 0 Å². The van der Waals surface area contributed by atoms with Crippen LogP contribution in [-0.2, 0) is 48.3 Å². The summed E-state index contributed by atoms with van der Waals surface area (Å²) in [5, 5.41) is 0. The Balaban J connectivity index is 0.00000800. The number of sulfone groups is 2. The topological polar surface area (TPSA) is 147 Å². The molecule has 2 aromatic rings. The fourth-order valence-electron chi connectivity index (χ4n) is 3.74. The molecular weight excluding hydrogens is 571 g/mol. The van der Waals surface area contributed by atoms with Crippen molar-refractivity contribution < 1.29 is 75.0 Å². The van der Waals surface area contributed by atoms with Gasteiger partial charge in [-0.25, -0.2) is 28.6 Å². The third-order valence-corrected chi connectivity index (χ3v) is 9.72. The number of ether oxygens (including phenoxy) is 3. The number of hydrogen-bond donors (Lipinski definition) is 0. The maximum absolute atomic E-state index is 13.9. The van der Waals surface area contributed by atoms with E-state index in [9.17, 15) is 31.2 Å². The summed E-state index contributed by atoms with van der Waals surface area (Å²) in [4.78, 5) is 35.6. The van der Waals surface area contributed by atoms with E-state index < -0.39 is 65.6 Å². The molecule has 0 aliphatic heterocycles. The first kappa shape index (κ1) is 35.1. The van der Waals surface area contributed by atoms with Crippen molar-refractivity contribution in [1.29, 1.82) is 0 Å². The SMILES string of the molecule is [CH2-]/C(=C(\CC(CC/C=C/C(=O)OC)(C(=O)OC)C(=O)OC)S(=O)(=O)c1ccccc1)S(=O)(=O)c1ccccc1.[Na+]. The molecule has 0 spiro atoms. The average molecular weight is 601 g/mol. The third-order valence-electron chi connectivity index (χ3n) is 5.87. The first-order chi connectivity index (χ1) is 18.4. The number of allylic oxidation sites excluding steroid dienone is 3. The van der Waals surface area contributed by atoms with Gasteiger partial charge in [0.05, 0.1) is 31.1 Å². The molecule has 0 bridgehead atoms. The van der Waals surface area contributed by atoms with E-state index in [2.05, 4.69) is 11.7 Å². The first-order valence-electron chi connectivity index (χ1n) is 11.4. The summed E-state index contributed by atoms with van der Waals surface area (Å²) in [5.74, 6) is -3.02. The van der Waals surface area contributed by atoms with Gasteiger partial charge in [-0.05, 0) is 37.1 Å². The smallest absolute Gasteiger partial charge is 0.468 e. The Morgan fingerprint density at radius 1 is 0.775 bits per heavy atom. The molecule has 0 N–H and O–H groups in total. The number of carbonyl (C=O) groups is 3. The normalized spacial score (nSPS) is 12.6. The van der Waals surface area contributed by atoms with E-state index in [1.165, 1.54) is 54.6 Å². The molecule has 0 aliphatic rings.